The molecule has 0 saturated heterocycles. The second-order valence-corrected chi connectivity index (χ2v) is 6.81. The maximum atomic E-state index is 11.5. The molecule has 1 aromatic carbocycles. The molecule has 1 aromatic heterocycles. The zero-order chi connectivity index (χ0) is 16.2. The number of nitrogens with one attached hydrogen (secondary N) is 1. The number of benzene rings is 1. The molecule has 3 rings (SSSR count). The number of hydrogen-bond acceptors (Lipinski definition) is 6. The van der Waals surface area contributed by atoms with E-state index in [0.29, 0.717) is 15.9 Å². The SMILES string of the molecule is O=[N+]([O-])c1c(NC2CCCC2)ncnc1Sc1ccc(Cl)cc1. The van der Waals surface area contributed by atoms with Crippen LogP contribution in [-0.4, -0.2) is 20.9 Å². The van der Waals surface area contributed by atoms with Gasteiger partial charge in [0.1, 0.15) is 6.33 Å². The Labute approximate surface area is 142 Å². The first-order valence-electron chi connectivity index (χ1n) is 7.33. The third-order valence-electron chi connectivity index (χ3n) is 3.70. The van der Waals surface area contributed by atoms with Crippen LogP contribution < -0.4 is 5.32 Å². The minimum absolute atomic E-state index is 0.0700. The van der Waals surface area contributed by atoms with E-state index >= 15 is 0 Å². The lowest BCUT2D eigenvalue weighted by Gasteiger charge is -2.13. The van der Waals surface area contributed by atoms with Crippen molar-refractivity contribution in [3.8, 4) is 0 Å². The van der Waals surface area contributed by atoms with Crippen LogP contribution in [-0.2, 0) is 0 Å². The number of hydrogen-bond donors (Lipinski definition) is 1. The van der Waals surface area contributed by atoms with Gasteiger partial charge in [-0.2, -0.15) is 0 Å². The Morgan fingerprint density at radius 2 is 1.91 bits per heavy atom. The van der Waals surface area contributed by atoms with Crippen molar-refractivity contribution in [1.29, 1.82) is 0 Å². The third-order valence-corrected chi connectivity index (χ3v) is 4.95. The van der Waals surface area contributed by atoms with Crippen molar-refractivity contribution in [3.63, 3.8) is 0 Å². The first-order valence-corrected chi connectivity index (χ1v) is 8.52. The van der Waals surface area contributed by atoms with Crippen LogP contribution in [0.4, 0.5) is 11.5 Å². The van der Waals surface area contributed by atoms with Crippen LogP contribution in [0.1, 0.15) is 25.7 Å². The molecule has 0 aliphatic heterocycles. The van der Waals surface area contributed by atoms with Crippen molar-refractivity contribution >= 4 is 34.9 Å². The summed E-state index contributed by atoms with van der Waals surface area (Å²) >= 11 is 7.10. The highest BCUT2D eigenvalue weighted by atomic mass is 35.5. The molecular weight excluding hydrogens is 336 g/mol. The first-order chi connectivity index (χ1) is 11.1. The van der Waals surface area contributed by atoms with E-state index in [1.165, 1.54) is 18.1 Å². The van der Waals surface area contributed by atoms with Crippen LogP contribution >= 0.6 is 23.4 Å². The minimum atomic E-state index is -0.421. The zero-order valence-electron chi connectivity index (χ0n) is 12.2. The predicted molar refractivity (Wildman–Crippen MR) is 90.1 cm³/mol. The Bertz CT molecular complexity index is 705. The summed E-state index contributed by atoms with van der Waals surface area (Å²) in [4.78, 5) is 20.1. The van der Waals surface area contributed by atoms with E-state index in [9.17, 15) is 10.1 Å². The van der Waals surface area contributed by atoms with Gasteiger partial charge < -0.3 is 5.32 Å². The molecule has 1 fully saturated rings. The van der Waals surface area contributed by atoms with Gasteiger partial charge in [0.25, 0.3) is 0 Å². The maximum Gasteiger partial charge on any atom is 0.343 e. The molecule has 0 atom stereocenters. The third kappa shape index (κ3) is 3.92. The number of anilines is 1. The summed E-state index contributed by atoms with van der Waals surface area (Å²) < 4.78 is 0. The van der Waals surface area contributed by atoms with Gasteiger partial charge in [0.15, 0.2) is 5.03 Å². The molecule has 1 aliphatic rings. The quantitative estimate of drug-likeness (QED) is 0.484. The lowest BCUT2D eigenvalue weighted by molar-refractivity contribution is -0.387. The molecule has 23 heavy (non-hydrogen) atoms. The maximum absolute atomic E-state index is 11.5. The number of aromatic nitrogens is 2. The van der Waals surface area contributed by atoms with Crippen LogP contribution in [0.5, 0.6) is 0 Å². The van der Waals surface area contributed by atoms with Crippen LogP contribution in [0.3, 0.4) is 0 Å². The highest BCUT2D eigenvalue weighted by Gasteiger charge is 2.26. The fraction of sp³-hybridized carbons (Fsp3) is 0.333. The van der Waals surface area contributed by atoms with Gasteiger partial charge in [-0.3, -0.25) is 10.1 Å². The Morgan fingerprint density at radius 3 is 2.57 bits per heavy atom. The molecule has 1 aliphatic carbocycles. The molecule has 0 radical (unpaired) electrons. The molecule has 0 unspecified atom stereocenters. The average Bonchev–Trinajstić information content (AvgIpc) is 3.02. The minimum Gasteiger partial charge on any atom is -0.361 e. The highest BCUT2D eigenvalue weighted by Crippen LogP contribution is 2.37. The van der Waals surface area contributed by atoms with Crippen molar-refractivity contribution in [1.82, 2.24) is 9.97 Å². The summed E-state index contributed by atoms with van der Waals surface area (Å²) in [5, 5.41) is 15.7. The topological polar surface area (TPSA) is 81.0 Å². The molecule has 2 aromatic rings. The summed E-state index contributed by atoms with van der Waals surface area (Å²) in [5.74, 6) is 0.299. The summed E-state index contributed by atoms with van der Waals surface area (Å²) in [6, 6.07) is 7.35. The standard InChI is InChI=1S/C15H15ClN4O2S/c16-10-5-7-12(8-6-10)23-15-13(20(21)22)14(17-9-18-15)19-11-3-1-2-4-11/h5-9,11H,1-4H2,(H,17,18,19). The van der Waals surface area contributed by atoms with Crippen LogP contribution in [0.2, 0.25) is 5.02 Å². The van der Waals surface area contributed by atoms with Crippen molar-refractivity contribution in [3.05, 3.63) is 45.7 Å². The van der Waals surface area contributed by atoms with E-state index in [2.05, 4.69) is 15.3 Å². The first kappa shape index (κ1) is 16.0. The molecule has 1 saturated carbocycles. The second-order valence-electron chi connectivity index (χ2n) is 5.31. The highest BCUT2D eigenvalue weighted by molar-refractivity contribution is 7.99. The lowest BCUT2D eigenvalue weighted by atomic mass is 10.2. The normalized spacial score (nSPS) is 14.8. The average molecular weight is 351 g/mol. The van der Waals surface area contributed by atoms with Crippen LogP contribution in [0.15, 0.2) is 40.5 Å². The molecule has 0 amide bonds. The molecule has 0 bridgehead atoms. The molecule has 0 spiro atoms. The Kier molecular flexibility index (Phi) is 4.97. The Balaban J connectivity index is 1.89. The molecule has 1 N–H and O–H groups in total. The van der Waals surface area contributed by atoms with E-state index in [0.717, 1.165) is 30.6 Å². The van der Waals surface area contributed by atoms with Gasteiger partial charge >= 0.3 is 5.69 Å². The van der Waals surface area contributed by atoms with Crippen molar-refractivity contribution in [2.75, 3.05) is 5.32 Å². The van der Waals surface area contributed by atoms with Gasteiger partial charge in [-0.1, -0.05) is 36.2 Å². The Hall–Kier alpha value is -1.86. The fourth-order valence-electron chi connectivity index (χ4n) is 2.59. The second kappa shape index (κ2) is 7.14. The van der Waals surface area contributed by atoms with E-state index in [-0.39, 0.29) is 11.7 Å². The van der Waals surface area contributed by atoms with Crippen molar-refractivity contribution in [2.24, 2.45) is 0 Å². The number of nitrogens with zero attached hydrogens (tertiary/aromatic N) is 3. The summed E-state index contributed by atoms with van der Waals surface area (Å²) in [6.45, 7) is 0. The molecule has 1 heterocycles. The smallest absolute Gasteiger partial charge is 0.343 e. The summed E-state index contributed by atoms with van der Waals surface area (Å²) in [6.07, 6.45) is 5.68. The van der Waals surface area contributed by atoms with E-state index < -0.39 is 4.92 Å². The molecule has 6 nitrogen and oxygen atoms in total. The van der Waals surface area contributed by atoms with Gasteiger partial charge in [0.05, 0.1) is 4.92 Å². The molecule has 120 valence electrons. The number of nitro groups is 1. The van der Waals surface area contributed by atoms with Gasteiger partial charge in [-0.25, -0.2) is 9.97 Å². The summed E-state index contributed by atoms with van der Waals surface area (Å²) in [5.41, 5.74) is -0.0700. The monoisotopic (exact) mass is 350 g/mol. The number of rotatable bonds is 5. The predicted octanol–water partition coefficient (Wildman–Crippen LogP) is 4.54. The van der Waals surface area contributed by atoms with E-state index in [1.54, 1.807) is 12.1 Å². The van der Waals surface area contributed by atoms with Gasteiger partial charge in [0.2, 0.25) is 5.82 Å². The van der Waals surface area contributed by atoms with Crippen LogP contribution in [0.25, 0.3) is 0 Å². The lowest BCUT2D eigenvalue weighted by Crippen LogP contribution is -2.17. The summed E-state index contributed by atoms with van der Waals surface area (Å²) in [7, 11) is 0. The van der Waals surface area contributed by atoms with E-state index in [4.69, 9.17) is 11.6 Å². The van der Waals surface area contributed by atoms with Gasteiger partial charge in [-0.05, 0) is 37.1 Å². The Morgan fingerprint density at radius 1 is 1.22 bits per heavy atom. The molecule has 8 heteroatoms. The van der Waals surface area contributed by atoms with Crippen LogP contribution in [0, 0.1) is 10.1 Å². The number of halogens is 1. The van der Waals surface area contributed by atoms with Crippen molar-refractivity contribution in [2.45, 2.75) is 41.6 Å². The fourth-order valence-corrected chi connectivity index (χ4v) is 3.57. The van der Waals surface area contributed by atoms with Gasteiger partial charge in [-0.15, -0.1) is 0 Å². The van der Waals surface area contributed by atoms with E-state index in [1.807, 2.05) is 12.1 Å². The largest absolute Gasteiger partial charge is 0.361 e. The zero-order valence-corrected chi connectivity index (χ0v) is 13.8. The molecular formula is C15H15ClN4O2S. The van der Waals surface area contributed by atoms with Gasteiger partial charge in [0, 0.05) is 16.0 Å². The van der Waals surface area contributed by atoms with Crippen molar-refractivity contribution < 1.29 is 4.92 Å².